The second kappa shape index (κ2) is 2.78. The van der Waals surface area contributed by atoms with E-state index in [0.717, 1.165) is 17.8 Å². The summed E-state index contributed by atoms with van der Waals surface area (Å²) in [5.41, 5.74) is 0. The first-order valence-corrected chi connectivity index (χ1v) is 4.94. The molecule has 0 bridgehead atoms. The molecule has 1 heteroatoms. The van der Waals surface area contributed by atoms with E-state index >= 15 is 0 Å². The van der Waals surface area contributed by atoms with Gasteiger partial charge < -0.3 is 4.90 Å². The Hall–Kier alpha value is -0.0400. The summed E-state index contributed by atoms with van der Waals surface area (Å²) in [6.45, 7) is 5.13. The third kappa shape index (κ3) is 1.44. The van der Waals surface area contributed by atoms with E-state index in [1.54, 1.807) is 0 Å². The van der Waals surface area contributed by atoms with E-state index in [-0.39, 0.29) is 0 Å². The Balaban J connectivity index is 1.97. The van der Waals surface area contributed by atoms with Crippen molar-refractivity contribution >= 4 is 0 Å². The maximum atomic E-state index is 2.50. The summed E-state index contributed by atoms with van der Waals surface area (Å²) in [7, 11) is 2.26. The minimum Gasteiger partial charge on any atom is -0.306 e. The summed E-state index contributed by atoms with van der Waals surface area (Å²) < 4.78 is 0. The van der Waals surface area contributed by atoms with Crippen molar-refractivity contribution in [3.8, 4) is 0 Å². The molecule has 2 aliphatic rings. The monoisotopic (exact) mass is 153 g/mol. The smallest absolute Gasteiger partial charge is 0.000937 e. The molecule has 0 aromatic heterocycles. The van der Waals surface area contributed by atoms with Gasteiger partial charge in [0, 0.05) is 6.54 Å². The zero-order chi connectivity index (χ0) is 7.84. The Morgan fingerprint density at radius 1 is 1.18 bits per heavy atom. The number of nitrogens with zero attached hydrogens (tertiary/aromatic N) is 1. The van der Waals surface area contributed by atoms with Gasteiger partial charge in [0.1, 0.15) is 0 Å². The van der Waals surface area contributed by atoms with Crippen LogP contribution in [0.4, 0.5) is 0 Å². The minimum atomic E-state index is 1.01. The van der Waals surface area contributed by atoms with Gasteiger partial charge in [-0.1, -0.05) is 6.92 Å². The molecule has 64 valence electrons. The Morgan fingerprint density at radius 2 is 1.91 bits per heavy atom. The molecule has 2 unspecified atom stereocenters. The molecule has 0 aromatic rings. The lowest BCUT2D eigenvalue weighted by Crippen LogP contribution is -2.35. The van der Waals surface area contributed by atoms with Crippen molar-refractivity contribution in [3.05, 3.63) is 0 Å². The van der Waals surface area contributed by atoms with Crippen LogP contribution in [-0.4, -0.2) is 25.0 Å². The van der Waals surface area contributed by atoms with Crippen molar-refractivity contribution in [2.75, 3.05) is 20.1 Å². The van der Waals surface area contributed by atoms with Gasteiger partial charge >= 0.3 is 0 Å². The lowest BCUT2D eigenvalue weighted by molar-refractivity contribution is 0.166. The van der Waals surface area contributed by atoms with E-state index in [1.807, 2.05) is 0 Å². The lowest BCUT2D eigenvalue weighted by atomic mass is 9.89. The first kappa shape index (κ1) is 7.60. The van der Waals surface area contributed by atoms with E-state index in [4.69, 9.17) is 0 Å². The molecule has 0 amide bonds. The second-order valence-electron chi connectivity index (χ2n) is 4.65. The van der Waals surface area contributed by atoms with Crippen molar-refractivity contribution in [1.29, 1.82) is 0 Å². The van der Waals surface area contributed by atoms with Gasteiger partial charge in [0.05, 0.1) is 0 Å². The van der Waals surface area contributed by atoms with Crippen LogP contribution < -0.4 is 0 Å². The Kier molecular flexibility index (Phi) is 1.92. The Bertz CT molecular complexity index is 144. The molecule has 1 heterocycles. The molecule has 11 heavy (non-hydrogen) atoms. The average Bonchev–Trinajstić information content (AvgIpc) is 2.27. The SMILES string of the molecule is C[C@@H]1CC2CCN(C)CC2C1. The van der Waals surface area contributed by atoms with Gasteiger partial charge in [-0.25, -0.2) is 0 Å². The zero-order valence-electron chi connectivity index (χ0n) is 7.71. The highest BCUT2D eigenvalue weighted by atomic mass is 15.1. The highest BCUT2D eigenvalue weighted by Crippen LogP contribution is 2.40. The molecule has 0 radical (unpaired) electrons. The summed E-state index contributed by atoms with van der Waals surface area (Å²) in [5, 5.41) is 0. The van der Waals surface area contributed by atoms with Crippen LogP contribution in [0.1, 0.15) is 26.2 Å². The average molecular weight is 153 g/mol. The third-order valence-electron chi connectivity index (χ3n) is 3.50. The summed E-state index contributed by atoms with van der Waals surface area (Å²) in [5.74, 6) is 3.14. The first-order valence-electron chi connectivity index (χ1n) is 4.94. The maximum absolute atomic E-state index is 2.50. The molecule has 1 saturated heterocycles. The summed E-state index contributed by atoms with van der Waals surface area (Å²) >= 11 is 0. The Morgan fingerprint density at radius 3 is 2.73 bits per heavy atom. The summed E-state index contributed by atoms with van der Waals surface area (Å²) in [6, 6.07) is 0. The predicted octanol–water partition coefficient (Wildman–Crippen LogP) is 1.98. The van der Waals surface area contributed by atoms with E-state index in [2.05, 4.69) is 18.9 Å². The molecular formula is C10H19N. The highest BCUT2D eigenvalue weighted by Gasteiger charge is 2.34. The fraction of sp³-hybridized carbons (Fsp3) is 1.00. The fourth-order valence-electron chi connectivity index (χ4n) is 2.97. The molecular weight excluding hydrogens is 134 g/mol. The van der Waals surface area contributed by atoms with E-state index < -0.39 is 0 Å². The molecule has 1 aliphatic heterocycles. The van der Waals surface area contributed by atoms with Crippen LogP contribution >= 0.6 is 0 Å². The van der Waals surface area contributed by atoms with E-state index in [9.17, 15) is 0 Å². The van der Waals surface area contributed by atoms with Crippen LogP contribution in [0.3, 0.4) is 0 Å². The van der Waals surface area contributed by atoms with Crippen molar-refractivity contribution in [3.63, 3.8) is 0 Å². The molecule has 0 spiro atoms. The van der Waals surface area contributed by atoms with Gasteiger partial charge in [0.15, 0.2) is 0 Å². The third-order valence-corrected chi connectivity index (χ3v) is 3.50. The molecule has 3 atom stereocenters. The topological polar surface area (TPSA) is 3.24 Å². The van der Waals surface area contributed by atoms with Crippen LogP contribution in [0.2, 0.25) is 0 Å². The number of fused-ring (bicyclic) bond motifs is 1. The lowest BCUT2D eigenvalue weighted by Gasteiger charge is -2.32. The number of hydrogen-bond donors (Lipinski definition) is 0. The van der Waals surface area contributed by atoms with Crippen LogP contribution in [0.15, 0.2) is 0 Å². The van der Waals surface area contributed by atoms with Gasteiger partial charge in [-0.3, -0.25) is 0 Å². The van der Waals surface area contributed by atoms with Crippen molar-refractivity contribution < 1.29 is 0 Å². The number of rotatable bonds is 0. The van der Waals surface area contributed by atoms with Crippen LogP contribution in [0, 0.1) is 17.8 Å². The molecule has 2 rings (SSSR count). The molecule has 1 aliphatic carbocycles. The van der Waals surface area contributed by atoms with Gasteiger partial charge in [0.2, 0.25) is 0 Å². The van der Waals surface area contributed by atoms with Crippen molar-refractivity contribution in [2.24, 2.45) is 17.8 Å². The van der Waals surface area contributed by atoms with Crippen molar-refractivity contribution in [1.82, 2.24) is 4.90 Å². The van der Waals surface area contributed by atoms with E-state index in [0.29, 0.717) is 0 Å². The molecule has 1 saturated carbocycles. The summed E-state index contributed by atoms with van der Waals surface area (Å²) in [4.78, 5) is 2.50. The molecule has 2 fully saturated rings. The number of piperidine rings is 1. The van der Waals surface area contributed by atoms with Gasteiger partial charge in [-0.15, -0.1) is 0 Å². The number of likely N-dealkylation sites (tertiary alicyclic amines) is 1. The van der Waals surface area contributed by atoms with Crippen LogP contribution in [-0.2, 0) is 0 Å². The van der Waals surface area contributed by atoms with Crippen molar-refractivity contribution in [2.45, 2.75) is 26.2 Å². The quantitative estimate of drug-likeness (QED) is 0.514. The molecule has 0 N–H and O–H groups in total. The predicted molar refractivity (Wildman–Crippen MR) is 47.5 cm³/mol. The fourth-order valence-corrected chi connectivity index (χ4v) is 2.97. The molecule has 0 aromatic carbocycles. The largest absolute Gasteiger partial charge is 0.306 e. The zero-order valence-corrected chi connectivity index (χ0v) is 7.71. The minimum absolute atomic E-state index is 1.01. The molecule has 1 nitrogen and oxygen atoms in total. The normalized spacial score (nSPS) is 45.8. The highest BCUT2D eigenvalue weighted by molar-refractivity contribution is 4.86. The number of hydrogen-bond acceptors (Lipinski definition) is 1. The summed E-state index contributed by atoms with van der Waals surface area (Å²) in [6.07, 6.45) is 4.47. The maximum Gasteiger partial charge on any atom is 0.000937 e. The van der Waals surface area contributed by atoms with E-state index in [1.165, 1.54) is 32.4 Å². The Labute approximate surface area is 69.8 Å². The van der Waals surface area contributed by atoms with Crippen LogP contribution in [0.5, 0.6) is 0 Å². The van der Waals surface area contributed by atoms with Gasteiger partial charge in [-0.2, -0.15) is 0 Å². The van der Waals surface area contributed by atoms with Gasteiger partial charge in [-0.05, 0) is 50.6 Å². The van der Waals surface area contributed by atoms with Crippen LogP contribution in [0.25, 0.3) is 0 Å². The standard InChI is InChI=1S/C10H19N/c1-8-5-9-3-4-11(2)7-10(9)6-8/h8-10H,3-7H2,1-2H3/t8-,9?,10?/m1/s1. The van der Waals surface area contributed by atoms with Gasteiger partial charge in [0.25, 0.3) is 0 Å². The second-order valence-corrected chi connectivity index (χ2v) is 4.65. The first-order chi connectivity index (χ1) is 5.25.